The van der Waals surface area contributed by atoms with Gasteiger partial charge in [-0.1, -0.05) is 0 Å². The predicted molar refractivity (Wildman–Crippen MR) is 92.4 cm³/mol. The van der Waals surface area contributed by atoms with E-state index in [2.05, 4.69) is 0 Å². The number of carboxylic acids is 1. The van der Waals surface area contributed by atoms with Crippen LogP contribution in [0, 0.1) is 0 Å². The molecule has 2 amide bonds. The van der Waals surface area contributed by atoms with Gasteiger partial charge in [0.1, 0.15) is 18.4 Å². The second kappa shape index (κ2) is 6.13. The number of anilines is 1. The summed E-state index contributed by atoms with van der Waals surface area (Å²) in [7, 11) is 0. The third-order valence-electron chi connectivity index (χ3n) is 4.95. The lowest BCUT2D eigenvalue weighted by Gasteiger charge is -2.47. The smallest absolute Gasteiger partial charge is 0.356 e. The Morgan fingerprint density at radius 3 is 2.63 bits per heavy atom. The van der Waals surface area contributed by atoms with E-state index in [1.165, 1.54) is 23.1 Å². The summed E-state index contributed by atoms with van der Waals surface area (Å²) in [5.41, 5.74) is 6.40. The maximum absolute atomic E-state index is 12.7. The van der Waals surface area contributed by atoms with Crippen LogP contribution in [0.25, 0.3) is 0 Å². The lowest BCUT2D eigenvalue weighted by Crippen LogP contribution is -2.71. The average molecular weight is 371 g/mol. The second-order valence-corrected chi connectivity index (χ2v) is 6.52. The number of carbonyl (C=O) groups excluding carboxylic acids is 2. The fourth-order valence-electron chi connectivity index (χ4n) is 3.49. The van der Waals surface area contributed by atoms with E-state index in [0.29, 0.717) is 24.2 Å². The van der Waals surface area contributed by atoms with Gasteiger partial charge < -0.3 is 25.6 Å². The maximum atomic E-state index is 12.7. The minimum atomic E-state index is -1.31. The average Bonchev–Trinajstić information content (AvgIpc) is 3.01. The van der Waals surface area contributed by atoms with E-state index in [-0.39, 0.29) is 29.7 Å². The summed E-state index contributed by atoms with van der Waals surface area (Å²) in [6, 6.07) is 4.95. The number of hydrogen-bond donors (Lipinski definition) is 3. The van der Waals surface area contributed by atoms with Gasteiger partial charge in [-0.2, -0.15) is 0 Å². The van der Waals surface area contributed by atoms with Crippen LogP contribution in [0.4, 0.5) is 5.69 Å². The van der Waals surface area contributed by atoms with E-state index >= 15 is 0 Å². The molecule has 0 aromatic heterocycles. The van der Waals surface area contributed by atoms with Gasteiger partial charge in [0.25, 0.3) is 5.91 Å². The number of β-lactam (4-membered cyclic amide) rings is 1. The topological polar surface area (TPSA) is 133 Å². The highest BCUT2D eigenvalue weighted by molar-refractivity contribution is 6.08. The lowest BCUT2D eigenvalue weighted by molar-refractivity contribution is -0.156. The summed E-state index contributed by atoms with van der Waals surface area (Å²) in [6.45, 7) is 0.500. The fourth-order valence-corrected chi connectivity index (χ4v) is 3.49. The molecule has 9 heteroatoms. The van der Waals surface area contributed by atoms with Gasteiger partial charge in [0.05, 0.1) is 6.04 Å². The van der Waals surface area contributed by atoms with Gasteiger partial charge in [0.15, 0.2) is 11.5 Å². The highest BCUT2D eigenvalue weighted by atomic mass is 16.5. The highest BCUT2D eigenvalue weighted by Crippen LogP contribution is 2.34. The second-order valence-electron chi connectivity index (χ2n) is 6.52. The number of carboxylic acid groups (broad SMARTS) is 1. The van der Waals surface area contributed by atoms with Crippen molar-refractivity contribution in [2.24, 2.45) is 5.73 Å². The largest absolute Gasteiger partial charge is 0.508 e. The van der Waals surface area contributed by atoms with Crippen LogP contribution >= 0.6 is 0 Å². The molecule has 2 fully saturated rings. The normalized spacial score (nSPS) is 26.2. The molecule has 2 saturated heterocycles. The number of aliphatic carboxylic acids is 1. The number of fused-ring (bicyclic) bond motifs is 1. The first-order valence-electron chi connectivity index (χ1n) is 8.39. The first-order valence-corrected chi connectivity index (χ1v) is 8.39. The number of amides is 2. The van der Waals surface area contributed by atoms with Crippen molar-refractivity contribution in [2.75, 3.05) is 18.1 Å². The van der Waals surface area contributed by atoms with E-state index in [4.69, 9.17) is 10.5 Å². The molecule has 0 bridgehead atoms. The molecule has 27 heavy (non-hydrogen) atoms. The van der Waals surface area contributed by atoms with Gasteiger partial charge in [0, 0.05) is 17.8 Å². The Labute approximate surface area is 153 Å². The monoisotopic (exact) mass is 371 g/mol. The molecule has 1 aromatic rings. The standard InChI is InChI=1S/C18H17N3O6/c19-14-12-8-27-13(15(18(25)26)21(12)17(14)24)7-9-5-6-20(16(9)23)10-1-3-11(22)4-2-10/h1-4,7,12,14,22H,5-6,8,19H2,(H,25,26)/b9-7+/t12-,14+/m1/s1. The van der Waals surface area contributed by atoms with Gasteiger partial charge in [0.2, 0.25) is 5.91 Å². The third-order valence-corrected chi connectivity index (χ3v) is 4.95. The lowest BCUT2D eigenvalue weighted by atomic mass is 9.93. The number of aromatic hydroxyl groups is 1. The van der Waals surface area contributed by atoms with Gasteiger partial charge in [-0.25, -0.2) is 4.79 Å². The molecule has 4 rings (SSSR count). The number of rotatable bonds is 3. The Balaban J connectivity index is 1.64. The Morgan fingerprint density at radius 1 is 1.26 bits per heavy atom. The van der Waals surface area contributed by atoms with E-state index in [9.17, 15) is 24.6 Å². The van der Waals surface area contributed by atoms with Crippen LogP contribution in [-0.4, -0.2) is 58.1 Å². The highest BCUT2D eigenvalue weighted by Gasteiger charge is 2.52. The van der Waals surface area contributed by atoms with Crippen LogP contribution in [0.2, 0.25) is 0 Å². The third kappa shape index (κ3) is 2.63. The van der Waals surface area contributed by atoms with Crippen LogP contribution in [0.5, 0.6) is 5.75 Å². The number of hydrogen-bond acceptors (Lipinski definition) is 6. The minimum Gasteiger partial charge on any atom is -0.508 e. The molecule has 0 spiro atoms. The molecule has 3 aliphatic heterocycles. The molecule has 3 aliphatic rings. The molecule has 1 aromatic carbocycles. The van der Waals surface area contributed by atoms with Crippen LogP contribution in [0.1, 0.15) is 6.42 Å². The molecule has 0 aliphatic carbocycles. The van der Waals surface area contributed by atoms with Gasteiger partial charge in [-0.3, -0.25) is 14.5 Å². The van der Waals surface area contributed by atoms with E-state index in [1.54, 1.807) is 12.1 Å². The van der Waals surface area contributed by atoms with Crippen molar-refractivity contribution >= 4 is 23.5 Å². The molecular formula is C18H17N3O6. The maximum Gasteiger partial charge on any atom is 0.356 e. The molecule has 0 saturated carbocycles. The molecule has 140 valence electrons. The van der Waals surface area contributed by atoms with Crippen molar-refractivity contribution in [3.05, 3.63) is 47.4 Å². The summed E-state index contributed by atoms with van der Waals surface area (Å²) in [6.07, 6.45) is 1.79. The fraction of sp³-hybridized carbons (Fsp3) is 0.278. The molecule has 0 radical (unpaired) electrons. The molecule has 2 atom stereocenters. The number of carbonyl (C=O) groups is 3. The van der Waals surface area contributed by atoms with Crippen molar-refractivity contribution in [2.45, 2.75) is 18.5 Å². The van der Waals surface area contributed by atoms with Gasteiger partial charge in [-0.05, 0) is 36.8 Å². The van der Waals surface area contributed by atoms with E-state index < -0.39 is 24.0 Å². The first kappa shape index (κ1) is 17.1. The Morgan fingerprint density at radius 2 is 1.96 bits per heavy atom. The summed E-state index contributed by atoms with van der Waals surface area (Å²) in [4.78, 5) is 39.0. The quantitative estimate of drug-likeness (QED) is 0.500. The van der Waals surface area contributed by atoms with Crippen molar-refractivity contribution in [3.8, 4) is 5.75 Å². The molecule has 0 unspecified atom stereocenters. The number of nitrogens with two attached hydrogens (primary N) is 1. The number of phenols is 1. The SMILES string of the molecule is N[C@@H]1C(=O)N2C(C(=O)O)=C(/C=C3\CCN(c4ccc(O)cc4)C3=O)OC[C@H]12. The number of ether oxygens (including phenoxy) is 1. The van der Waals surface area contributed by atoms with Crippen molar-refractivity contribution in [3.63, 3.8) is 0 Å². The van der Waals surface area contributed by atoms with Crippen molar-refractivity contribution < 1.29 is 29.3 Å². The molecule has 9 nitrogen and oxygen atoms in total. The van der Waals surface area contributed by atoms with Crippen LogP contribution < -0.4 is 10.6 Å². The van der Waals surface area contributed by atoms with Crippen LogP contribution in [-0.2, 0) is 19.1 Å². The number of benzene rings is 1. The van der Waals surface area contributed by atoms with Crippen molar-refractivity contribution in [1.29, 1.82) is 0 Å². The number of nitrogens with zero attached hydrogens (tertiary/aromatic N) is 2. The van der Waals surface area contributed by atoms with Gasteiger partial charge >= 0.3 is 5.97 Å². The molecule has 3 heterocycles. The zero-order valence-corrected chi connectivity index (χ0v) is 14.2. The summed E-state index contributed by atoms with van der Waals surface area (Å²) >= 11 is 0. The van der Waals surface area contributed by atoms with Crippen molar-refractivity contribution in [1.82, 2.24) is 4.90 Å². The summed E-state index contributed by atoms with van der Waals surface area (Å²) in [5, 5.41) is 18.9. The predicted octanol–water partition coefficient (Wildman–Crippen LogP) is -0.0802. The summed E-state index contributed by atoms with van der Waals surface area (Å²) in [5.74, 6) is -1.99. The zero-order chi connectivity index (χ0) is 19.3. The Bertz CT molecular complexity index is 904. The first-order chi connectivity index (χ1) is 12.9. The molecular weight excluding hydrogens is 354 g/mol. The van der Waals surface area contributed by atoms with Crippen LogP contribution in [0.3, 0.4) is 0 Å². The Hall–Kier alpha value is -3.33. The van der Waals surface area contributed by atoms with E-state index in [1.807, 2.05) is 0 Å². The zero-order valence-electron chi connectivity index (χ0n) is 14.2. The molecule has 4 N–H and O–H groups in total. The number of allylic oxidation sites excluding steroid dienone is 1. The number of phenolic OH excluding ortho intramolecular Hbond substituents is 1. The Kier molecular flexibility index (Phi) is 3.88. The minimum absolute atomic E-state index is 0.0186. The summed E-state index contributed by atoms with van der Waals surface area (Å²) < 4.78 is 5.52. The van der Waals surface area contributed by atoms with E-state index in [0.717, 1.165) is 4.90 Å². The van der Waals surface area contributed by atoms with Gasteiger partial charge in [-0.15, -0.1) is 0 Å². The van der Waals surface area contributed by atoms with Crippen LogP contribution in [0.15, 0.2) is 47.4 Å².